The summed E-state index contributed by atoms with van der Waals surface area (Å²) in [5, 5.41) is 0. The highest BCUT2D eigenvalue weighted by Crippen LogP contribution is 2.11. The predicted molar refractivity (Wildman–Crippen MR) is 55.6 cm³/mol. The molecule has 1 rings (SSSR count). The molecule has 0 fully saturated rings. The Kier molecular flexibility index (Phi) is 3.01. The summed E-state index contributed by atoms with van der Waals surface area (Å²) in [6.07, 6.45) is 1.75. The highest BCUT2D eigenvalue weighted by Gasteiger charge is 1.93. The molecule has 3 nitrogen and oxygen atoms in total. The lowest BCUT2D eigenvalue weighted by molar-refractivity contribution is 0.643. The third-order valence-corrected chi connectivity index (χ3v) is 1.51. The zero-order valence-corrected chi connectivity index (χ0v) is 8.57. The normalized spacial score (nSPS) is 10.8. The average molecular weight is 177 g/mol. The van der Waals surface area contributed by atoms with Gasteiger partial charge in [0.1, 0.15) is 0 Å². The van der Waals surface area contributed by atoms with Crippen molar-refractivity contribution < 1.29 is 0 Å². The number of aryl methyl sites for hydroxylation is 2. The molecule has 0 aliphatic rings. The molecule has 0 atom stereocenters. The lowest BCUT2D eigenvalue weighted by Gasteiger charge is -2.03. The van der Waals surface area contributed by atoms with Crippen LogP contribution in [0.15, 0.2) is 17.1 Å². The molecular formula is C10H15N3. The number of nitrogens with zero attached hydrogens (tertiary/aromatic N) is 3. The van der Waals surface area contributed by atoms with E-state index in [1.54, 1.807) is 6.34 Å². The van der Waals surface area contributed by atoms with Crippen LogP contribution in [0.3, 0.4) is 0 Å². The molecule has 0 N–H and O–H groups in total. The van der Waals surface area contributed by atoms with Crippen molar-refractivity contribution in [3.63, 3.8) is 0 Å². The summed E-state index contributed by atoms with van der Waals surface area (Å²) in [6, 6.07) is 4.00. The molecule has 1 aromatic rings. The van der Waals surface area contributed by atoms with E-state index in [1.165, 1.54) is 5.56 Å². The van der Waals surface area contributed by atoms with Crippen molar-refractivity contribution in [1.82, 2.24) is 9.88 Å². The average Bonchev–Trinajstić information content (AvgIpc) is 1.99. The molecule has 0 radical (unpaired) electrons. The summed E-state index contributed by atoms with van der Waals surface area (Å²) < 4.78 is 0. The van der Waals surface area contributed by atoms with Crippen LogP contribution in [-0.4, -0.2) is 30.3 Å². The van der Waals surface area contributed by atoms with Gasteiger partial charge in [-0.25, -0.2) is 9.98 Å². The Labute approximate surface area is 79.1 Å². The number of aliphatic imine (C=N–C) groups is 1. The highest BCUT2D eigenvalue weighted by molar-refractivity contribution is 5.59. The van der Waals surface area contributed by atoms with Gasteiger partial charge in [0.05, 0.1) is 6.34 Å². The van der Waals surface area contributed by atoms with Crippen LogP contribution in [0.1, 0.15) is 11.3 Å². The first kappa shape index (κ1) is 9.71. The van der Waals surface area contributed by atoms with Gasteiger partial charge in [0, 0.05) is 19.8 Å². The Hall–Kier alpha value is -1.38. The summed E-state index contributed by atoms with van der Waals surface area (Å²) in [7, 11) is 3.87. The van der Waals surface area contributed by atoms with E-state index in [-0.39, 0.29) is 0 Å². The van der Waals surface area contributed by atoms with Gasteiger partial charge in [-0.2, -0.15) is 0 Å². The monoisotopic (exact) mass is 177 g/mol. The van der Waals surface area contributed by atoms with E-state index in [9.17, 15) is 0 Å². The van der Waals surface area contributed by atoms with Crippen LogP contribution in [0.5, 0.6) is 0 Å². The summed E-state index contributed by atoms with van der Waals surface area (Å²) in [6.45, 7) is 4.02. The van der Waals surface area contributed by atoms with Crippen molar-refractivity contribution in [2.24, 2.45) is 4.99 Å². The van der Waals surface area contributed by atoms with Gasteiger partial charge in [0.2, 0.25) is 0 Å². The molecule has 0 saturated heterocycles. The Bertz CT molecular complexity index is 296. The fraction of sp³-hybridized carbons (Fsp3) is 0.400. The number of pyridine rings is 1. The first-order valence-corrected chi connectivity index (χ1v) is 4.24. The first-order valence-electron chi connectivity index (χ1n) is 4.24. The fourth-order valence-corrected chi connectivity index (χ4v) is 1.06. The van der Waals surface area contributed by atoms with Crippen molar-refractivity contribution in [3.05, 3.63) is 23.4 Å². The minimum atomic E-state index is 0.770. The van der Waals surface area contributed by atoms with Crippen LogP contribution < -0.4 is 0 Å². The molecule has 0 aliphatic carbocycles. The first-order chi connectivity index (χ1) is 6.08. The quantitative estimate of drug-likeness (QED) is 0.510. The van der Waals surface area contributed by atoms with Crippen molar-refractivity contribution in [2.45, 2.75) is 13.8 Å². The predicted octanol–water partition coefficient (Wildman–Crippen LogP) is 1.92. The zero-order valence-electron chi connectivity index (χ0n) is 8.57. The lowest BCUT2D eigenvalue weighted by Crippen LogP contribution is -2.07. The number of hydrogen-bond acceptors (Lipinski definition) is 2. The van der Waals surface area contributed by atoms with E-state index in [4.69, 9.17) is 0 Å². The van der Waals surface area contributed by atoms with Crippen molar-refractivity contribution >= 4 is 12.2 Å². The van der Waals surface area contributed by atoms with Crippen molar-refractivity contribution in [1.29, 1.82) is 0 Å². The van der Waals surface area contributed by atoms with Crippen LogP contribution in [0, 0.1) is 13.8 Å². The summed E-state index contributed by atoms with van der Waals surface area (Å²) in [5.74, 6) is 0.770. The molecule has 0 aromatic carbocycles. The molecule has 3 heteroatoms. The summed E-state index contributed by atoms with van der Waals surface area (Å²) in [4.78, 5) is 10.4. The third-order valence-electron chi connectivity index (χ3n) is 1.51. The minimum absolute atomic E-state index is 0.770. The van der Waals surface area contributed by atoms with Gasteiger partial charge in [-0.15, -0.1) is 0 Å². The molecule has 0 bridgehead atoms. The van der Waals surface area contributed by atoms with Crippen LogP contribution in [0.25, 0.3) is 0 Å². The Morgan fingerprint density at radius 3 is 2.54 bits per heavy atom. The van der Waals surface area contributed by atoms with Gasteiger partial charge < -0.3 is 4.90 Å². The molecule has 0 amide bonds. The van der Waals surface area contributed by atoms with Gasteiger partial charge in [-0.3, -0.25) is 0 Å². The largest absolute Gasteiger partial charge is 0.369 e. The highest BCUT2D eigenvalue weighted by atomic mass is 15.1. The number of hydrogen-bond donors (Lipinski definition) is 0. The lowest BCUT2D eigenvalue weighted by atomic mass is 10.2. The maximum atomic E-state index is 4.28. The second-order valence-corrected chi connectivity index (χ2v) is 3.35. The molecule has 1 aromatic heterocycles. The molecule has 0 spiro atoms. The fourth-order valence-electron chi connectivity index (χ4n) is 1.06. The molecular weight excluding hydrogens is 162 g/mol. The number of aromatic nitrogens is 1. The molecule has 70 valence electrons. The molecule has 0 aliphatic heterocycles. The third kappa shape index (κ3) is 3.23. The van der Waals surface area contributed by atoms with Crippen LogP contribution in [0.2, 0.25) is 0 Å². The Morgan fingerprint density at radius 2 is 2.00 bits per heavy atom. The standard InChI is InChI=1S/C10H15N3/c1-8-5-9(2)12-10(6-8)11-7-13(3)4/h5-7H,1-4H3. The second-order valence-electron chi connectivity index (χ2n) is 3.35. The van der Waals surface area contributed by atoms with Gasteiger partial charge in [-0.05, 0) is 31.5 Å². The van der Waals surface area contributed by atoms with Gasteiger partial charge >= 0.3 is 0 Å². The van der Waals surface area contributed by atoms with Crippen molar-refractivity contribution in [2.75, 3.05) is 14.1 Å². The van der Waals surface area contributed by atoms with Crippen molar-refractivity contribution in [3.8, 4) is 0 Å². The maximum absolute atomic E-state index is 4.28. The van der Waals surface area contributed by atoms with Gasteiger partial charge in [0.25, 0.3) is 0 Å². The van der Waals surface area contributed by atoms with E-state index in [0.717, 1.165) is 11.5 Å². The number of rotatable bonds is 2. The van der Waals surface area contributed by atoms with Crippen LogP contribution >= 0.6 is 0 Å². The summed E-state index contributed by atoms with van der Waals surface area (Å²) >= 11 is 0. The minimum Gasteiger partial charge on any atom is -0.369 e. The van der Waals surface area contributed by atoms with E-state index in [0.29, 0.717) is 0 Å². The smallest absolute Gasteiger partial charge is 0.154 e. The van der Waals surface area contributed by atoms with Gasteiger partial charge in [-0.1, -0.05) is 0 Å². The van der Waals surface area contributed by atoms with E-state index >= 15 is 0 Å². The SMILES string of the molecule is Cc1cc(C)nc(N=CN(C)C)c1. The Morgan fingerprint density at radius 1 is 1.31 bits per heavy atom. The van der Waals surface area contributed by atoms with E-state index < -0.39 is 0 Å². The molecule has 13 heavy (non-hydrogen) atoms. The van der Waals surface area contributed by atoms with Crippen LogP contribution in [0.4, 0.5) is 5.82 Å². The topological polar surface area (TPSA) is 28.5 Å². The second kappa shape index (κ2) is 4.03. The maximum Gasteiger partial charge on any atom is 0.154 e. The van der Waals surface area contributed by atoms with E-state index in [1.807, 2.05) is 45.0 Å². The zero-order chi connectivity index (χ0) is 9.84. The molecule has 1 heterocycles. The Balaban J connectivity index is 2.89. The van der Waals surface area contributed by atoms with E-state index in [2.05, 4.69) is 9.98 Å². The molecule has 0 saturated carbocycles. The van der Waals surface area contributed by atoms with Crippen LogP contribution in [-0.2, 0) is 0 Å². The molecule has 0 unspecified atom stereocenters. The summed E-state index contributed by atoms with van der Waals surface area (Å²) in [5.41, 5.74) is 2.20. The van der Waals surface area contributed by atoms with Gasteiger partial charge in [0.15, 0.2) is 5.82 Å².